The van der Waals surface area contributed by atoms with Gasteiger partial charge in [0.2, 0.25) is 0 Å². The lowest BCUT2D eigenvalue weighted by Crippen LogP contribution is -2.48. The highest BCUT2D eigenvalue weighted by Gasteiger charge is 2.38. The molecule has 1 N–H and O–H groups in total. The number of carbonyl (C=O) groups is 1. The summed E-state index contributed by atoms with van der Waals surface area (Å²) in [6.07, 6.45) is 1.77. The van der Waals surface area contributed by atoms with Crippen molar-refractivity contribution >= 4 is 5.91 Å². The molecule has 0 aliphatic carbocycles. The van der Waals surface area contributed by atoms with Crippen LogP contribution in [0.4, 0.5) is 0 Å². The van der Waals surface area contributed by atoms with Crippen LogP contribution < -0.4 is 4.74 Å². The molecule has 0 radical (unpaired) electrons. The summed E-state index contributed by atoms with van der Waals surface area (Å²) in [5, 5.41) is 10.3. The van der Waals surface area contributed by atoms with E-state index in [2.05, 4.69) is 0 Å². The quantitative estimate of drug-likeness (QED) is 0.905. The van der Waals surface area contributed by atoms with Crippen LogP contribution in [0, 0.1) is 0 Å². The zero-order valence-electron chi connectivity index (χ0n) is 14.8. The topological polar surface area (TPSA) is 49.8 Å². The van der Waals surface area contributed by atoms with Gasteiger partial charge in [-0.25, -0.2) is 0 Å². The van der Waals surface area contributed by atoms with Crippen molar-refractivity contribution in [2.45, 2.75) is 44.9 Å². The minimum Gasteiger partial charge on any atom is -0.489 e. The van der Waals surface area contributed by atoms with E-state index in [1.807, 2.05) is 42.5 Å². The molecule has 3 rings (SSSR count). The van der Waals surface area contributed by atoms with E-state index in [1.165, 1.54) is 0 Å². The molecule has 4 heteroatoms. The molecule has 132 valence electrons. The van der Waals surface area contributed by atoms with Crippen LogP contribution in [0.3, 0.4) is 0 Å². The van der Waals surface area contributed by atoms with E-state index < -0.39 is 5.60 Å². The monoisotopic (exact) mass is 339 g/mol. The minimum absolute atomic E-state index is 0.0285. The molecule has 4 nitrogen and oxygen atoms in total. The molecular weight excluding hydrogens is 314 g/mol. The SMILES string of the molecule is CC(C)(O)C1CCCN1C(=O)c1ccc(OCc2ccccc2)cc1. The number of hydrogen-bond acceptors (Lipinski definition) is 3. The average Bonchev–Trinajstić information content (AvgIpc) is 3.11. The standard InChI is InChI=1S/C21H25NO3/c1-21(2,24)19-9-6-14-22(19)20(23)17-10-12-18(13-11-17)25-15-16-7-4-3-5-8-16/h3-5,7-8,10-13,19,24H,6,9,14-15H2,1-2H3. The van der Waals surface area contributed by atoms with Crippen LogP contribution in [0.1, 0.15) is 42.6 Å². The number of hydrogen-bond donors (Lipinski definition) is 1. The van der Waals surface area contributed by atoms with Crippen LogP contribution in [0.5, 0.6) is 5.75 Å². The van der Waals surface area contributed by atoms with Crippen LogP contribution in [0.15, 0.2) is 54.6 Å². The Balaban J connectivity index is 1.64. The van der Waals surface area contributed by atoms with E-state index in [0.29, 0.717) is 18.7 Å². The summed E-state index contributed by atoms with van der Waals surface area (Å²) >= 11 is 0. The van der Waals surface area contributed by atoms with E-state index >= 15 is 0 Å². The van der Waals surface area contributed by atoms with Gasteiger partial charge in [-0.05, 0) is 56.5 Å². The molecule has 0 saturated carbocycles. The van der Waals surface area contributed by atoms with Crippen molar-refractivity contribution in [2.75, 3.05) is 6.54 Å². The number of ether oxygens (including phenoxy) is 1. The highest BCUT2D eigenvalue weighted by Crippen LogP contribution is 2.28. The summed E-state index contributed by atoms with van der Waals surface area (Å²) < 4.78 is 5.76. The number of amides is 1. The Bertz CT molecular complexity index is 704. The fraction of sp³-hybridized carbons (Fsp3) is 0.381. The second-order valence-electron chi connectivity index (χ2n) is 7.11. The van der Waals surface area contributed by atoms with Crippen LogP contribution in [0.2, 0.25) is 0 Å². The lowest BCUT2D eigenvalue weighted by Gasteiger charge is -2.33. The van der Waals surface area contributed by atoms with Crippen LogP contribution in [-0.2, 0) is 6.61 Å². The number of aliphatic hydroxyl groups is 1. The normalized spacial score (nSPS) is 17.6. The molecule has 2 aromatic carbocycles. The molecule has 2 aromatic rings. The van der Waals surface area contributed by atoms with Gasteiger partial charge in [0.05, 0.1) is 11.6 Å². The van der Waals surface area contributed by atoms with Crippen molar-refractivity contribution in [3.8, 4) is 5.75 Å². The molecule has 1 unspecified atom stereocenters. The largest absolute Gasteiger partial charge is 0.489 e. The summed E-state index contributed by atoms with van der Waals surface area (Å²) in [5.74, 6) is 0.708. The van der Waals surface area contributed by atoms with Gasteiger partial charge in [-0.15, -0.1) is 0 Å². The first-order valence-electron chi connectivity index (χ1n) is 8.75. The molecule has 1 atom stereocenters. The zero-order chi connectivity index (χ0) is 17.9. The first kappa shape index (κ1) is 17.5. The number of carbonyl (C=O) groups excluding carboxylic acids is 1. The van der Waals surface area contributed by atoms with Crippen molar-refractivity contribution < 1.29 is 14.6 Å². The van der Waals surface area contributed by atoms with E-state index in [9.17, 15) is 9.90 Å². The lowest BCUT2D eigenvalue weighted by molar-refractivity contribution is 0.000333. The van der Waals surface area contributed by atoms with E-state index in [-0.39, 0.29) is 11.9 Å². The maximum Gasteiger partial charge on any atom is 0.254 e. The third-order valence-electron chi connectivity index (χ3n) is 4.68. The molecule has 1 aliphatic heterocycles. The van der Waals surface area contributed by atoms with Gasteiger partial charge < -0.3 is 14.7 Å². The molecule has 1 fully saturated rings. The molecule has 0 aromatic heterocycles. The Morgan fingerprint density at radius 2 is 1.84 bits per heavy atom. The summed E-state index contributed by atoms with van der Waals surface area (Å²) in [6, 6.07) is 17.1. The average molecular weight is 339 g/mol. The van der Waals surface area contributed by atoms with Crippen LogP contribution in [0.25, 0.3) is 0 Å². The molecule has 1 saturated heterocycles. The molecule has 0 spiro atoms. The van der Waals surface area contributed by atoms with Crippen LogP contribution >= 0.6 is 0 Å². The van der Waals surface area contributed by atoms with Gasteiger partial charge in [0.1, 0.15) is 12.4 Å². The summed E-state index contributed by atoms with van der Waals surface area (Å²) in [7, 11) is 0. The number of benzene rings is 2. The fourth-order valence-electron chi connectivity index (χ4n) is 3.34. The van der Waals surface area contributed by atoms with Gasteiger partial charge in [0.15, 0.2) is 0 Å². The van der Waals surface area contributed by atoms with Crippen molar-refractivity contribution in [1.29, 1.82) is 0 Å². The Hall–Kier alpha value is -2.33. The van der Waals surface area contributed by atoms with Crippen LogP contribution in [-0.4, -0.2) is 34.1 Å². The van der Waals surface area contributed by atoms with E-state index in [4.69, 9.17) is 4.74 Å². The molecule has 1 aliphatic rings. The molecule has 1 heterocycles. The number of rotatable bonds is 5. The maximum absolute atomic E-state index is 12.8. The molecule has 25 heavy (non-hydrogen) atoms. The fourth-order valence-corrected chi connectivity index (χ4v) is 3.34. The minimum atomic E-state index is -0.884. The predicted octanol–water partition coefficient (Wildman–Crippen LogP) is 3.64. The second kappa shape index (κ2) is 7.28. The van der Waals surface area contributed by atoms with Gasteiger partial charge in [-0.2, -0.15) is 0 Å². The van der Waals surface area contributed by atoms with Gasteiger partial charge in [0, 0.05) is 12.1 Å². The Morgan fingerprint density at radius 1 is 1.16 bits per heavy atom. The van der Waals surface area contributed by atoms with Crippen molar-refractivity contribution in [3.05, 3.63) is 65.7 Å². The highest BCUT2D eigenvalue weighted by molar-refractivity contribution is 5.94. The summed E-state index contributed by atoms with van der Waals surface area (Å²) in [4.78, 5) is 14.6. The summed E-state index contributed by atoms with van der Waals surface area (Å²) in [5.41, 5.74) is 0.848. The Morgan fingerprint density at radius 3 is 2.48 bits per heavy atom. The first-order valence-corrected chi connectivity index (χ1v) is 8.75. The first-order chi connectivity index (χ1) is 11.9. The van der Waals surface area contributed by atoms with Crippen molar-refractivity contribution in [2.24, 2.45) is 0 Å². The third kappa shape index (κ3) is 4.20. The number of nitrogens with zero attached hydrogens (tertiary/aromatic N) is 1. The maximum atomic E-state index is 12.8. The van der Waals surface area contributed by atoms with Gasteiger partial charge in [-0.3, -0.25) is 4.79 Å². The summed E-state index contributed by atoms with van der Waals surface area (Å²) in [6.45, 7) is 4.73. The van der Waals surface area contributed by atoms with Gasteiger partial charge >= 0.3 is 0 Å². The molecule has 1 amide bonds. The number of likely N-dealkylation sites (tertiary alicyclic amines) is 1. The Kier molecular flexibility index (Phi) is 5.09. The van der Waals surface area contributed by atoms with Crippen molar-refractivity contribution in [3.63, 3.8) is 0 Å². The smallest absolute Gasteiger partial charge is 0.254 e. The van der Waals surface area contributed by atoms with Gasteiger partial charge in [-0.1, -0.05) is 30.3 Å². The predicted molar refractivity (Wildman–Crippen MR) is 97.6 cm³/mol. The van der Waals surface area contributed by atoms with E-state index in [1.54, 1.807) is 30.9 Å². The van der Waals surface area contributed by atoms with E-state index in [0.717, 1.165) is 24.2 Å². The molecular formula is C21H25NO3. The second-order valence-corrected chi connectivity index (χ2v) is 7.11. The third-order valence-corrected chi connectivity index (χ3v) is 4.68. The van der Waals surface area contributed by atoms with Gasteiger partial charge in [0.25, 0.3) is 5.91 Å². The molecule has 0 bridgehead atoms. The Labute approximate surface area is 149 Å². The lowest BCUT2D eigenvalue weighted by atomic mass is 9.96. The highest BCUT2D eigenvalue weighted by atomic mass is 16.5. The zero-order valence-corrected chi connectivity index (χ0v) is 14.8. The van der Waals surface area contributed by atoms with Crippen molar-refractivity contribution in [1.82, 2.24) is 4.90 Å².